The lowest BCUT2D eigenvalue weighted by Gasteiger charge is -2.15. The quantitative estimate of drug-likeness (QED) is 0.728. The van der Waals surface area contributed by atoms with Crippen LogP contribution in [0.4, 0.5) is 0 Å². The van der Waals surface area contributed by atoms with Crippen LogP contribution in [0.1, 0.15) is 44.0 Å². The number of carbonyl (C=O) groups is 2. The average molecular weight is 308 g/mol. The summed E-state index contributed by atoms with van der Waals surface area (Å²) >= 11 is 0. The van der Waals surface area contributed by atoms with Crippen molar-refractivity contribution >= 4 is 11.8 Å². The van der Waals surface area contributed by atoms with E-state index in [1.807, 2.05) is 20.8 Å². The molecule has 1 rings (SSSR count). The highest BCUT2D eigenvalue weighted by molar-refractivity contribution is 5.95. The maximum absolute atomic E-state index is 12.2. The first-order valence-corrected chi connectivity index (χ1v) is 7.46. The third-order valence-corrected chi connectivity index (χ3v) is 3.01. The topological polar surface area (TPSA) is 90.6 Å². The summed E-state index contributed by atoms with van der Waals surface area (Å²) in [6.45, 7) is 6.60. The Morgan fingerprint density at radius 1 is 1.18 bits per heavy atom. The highest BCUT2D eigenvalue weighted by Gasteiger charge is 2.14. The molecule has 3 N–H and O–H groups in total. The van der Waals surface area contributed by atoms with Gasteiger partial charge in [0.25, 0.3) is 5.91 Å². The van der Waals surface area contributed by atoms with E-state index in [1.165, 1.54) is 0 Å². The minimum atomic E-state index is -0.374. The molecule has 0 aliphatic rings. The molecule has 0 radical (unpaired) electrons. The third-order valence-electron chi connectivity index (χ3n) is 3.01. The van der Waals surface area contributed by atoms with Crippen molar-refractivity contribution in [2.24, 2.45) is 5.73 Å². The van der Waals surface area contributed by atoms with E-state index in [0.717, 1.165) is 0 Å². The largest absolute Gasteiger partial charge is 0.490 e. The van der Waals surface area contributed by atoms with E-state index in [9.17, 15) is 9.59 Å². The second kappa shape index (κ2) is 8.92. The number of nitrogens with two attached hydrogens (primary N) is 1. The highest BCUT2D eigenvalue weighted by atomic mass is 16.5. The molecule has 2 amide bonds. The summed E-state index contributed by atoms with van der Waals surface area (Å²) < 4.78 is 11.0. The Morgan fingerprint density at radius 3 is 2.41 bits per heavy atom. The Kier molecular flexibility index (Phi) is 7.22. The van der Waals surface area contributed by atoms with Gasteiger partial charge in [-0.3, -0.25) is 9.59 Å². The summed E-state index contributed by atoms with van der Waals surface area (Å²) in [7, 11) is 0. The lowest BCUT2D eigenvalue weighted by atomic mass is 10.1. The maximum Gasteiger partial charge on any atom is 0.251 e. The predicted molar refractivity (Wildman–Crippen MR) is 84.1 cm³/mol. The summed E-state index contributed by atoms with van der Waals surface area (Å²) in [5.74, 6) is 0.561. The van der Waals surface area contributed by atoms with Gasteiger partial charge in [-0.15, -0.1) is 0 Å². The maximum atomic E-state index is 12.2. The number of ether oxygens (including phenoxy) is 2. The molecular formula is C16H24N2O4. The van der Waals surface area contributed by atoms with Crippen LogP contribution >= 0.6 is 0 Å². The molecule has 0 aromatic heterocycles. The van der Waals surface area contributed by atoms with Crippen LogP contribution in [0.5, 0.6) is 11.5 Å². The molecule has 1 aromatic rings. The minimum Gasteiger partial charge on any atom is -0.490 e. The number of hydrogen-bond acceptors (Lipinski definition) is 4. The summed E-state index contributed by atoms with van der Waals surface area (Å²) in [5.41, 5.74) is 5.58. The third kappa shape index (κ3) is 5.63. The van der Waals surface area contributed by atoms with Gasteiger partial charge < -0.3 is 20.5 Å². The second-order valence-corrected chi connectivity index (χ2v) is 4.91. The number of hydrogen-bond donors (Lipinski definition) is 2. The molecule has 22 heavy (non-hydrogen) atoms. The number of amides is 2. The Morgan fingerprint density at radius 2 is 1.82 bits per heavy atom. The van der Waals surface area contributed by atoms with Gasteiger partial charge in [0.05, 0.1) is 13.2 Å². The van der Waals surface area contributed by atoms with Gasteiger partial charge >= 0.3 is 0 Å². The van der Waals surface area contributed by atoms with Crippen molar-refractivity contribution in [3.63, 3.8) is 0 Å². The smallest absolute Gasteiger partial charge is 0.251 e. The van der Waals surface area contributed by atoms with Gasteiger partial charge in [0.2, 0.25) is 5.91 Å². The van der Waals surface area contributed by atoms with Gasteiger partial charge in [0.1, 0.15) is 0 Å². The molecular weight excluding hydrogens is 284 g/mol. The van der Waals surface area contributed by atoms with E-state index in [1.54, 1.807) is 18.2 Å². The van der Waals surface area contributed by atoms with E-state index in [0.29, 0.717) is 36.7 Å². The lowest BCUT2D eigenvalue weighted by molar-refractivity contribution is -0.118. The van der Waals surface area contributed by atoms with Gasteiger partial charge in [-0.05, 0) is 45.4 Å². The molecule has 0 heterocycles. The Bertz CT molecular complexity index is 517. The molecule has 0 saturated heterocycles. The molecule has 0 spiro atoms. The SMILES string of the molecule is CCOc1ccc(C(=O)NC(C)CCC(N)=O)cc1OCC. The van der Waals surface area contributed by atoms with Crippen LogP contribution in [0.15, 0.2) is 18.2 Å². The predicted octanol–water partition coefficient (Wildman–Crippen LogP) is 1.87. The standard InChI is InChI=1S/C16H24N2O4/c1-4-21-13-8-7-12(10-14(13)22-5-2)16(20)18-11(3)6-9-15(17)19/h7-8,10-11H,4-6,9H2,1-3H3,(H2,17,19)(H,18,20). The fourth-order valence-electron chi connectivity index (χ4n) is 1.93. The fourth-order valence-corrected chi connectivity index (χ4v) is 1.93. The first-order chi connectivity index (χ1) is 10.5. The molecule has 1 unspecified atom stereocenters. The summed E-state index contributed by atoms with van der Waals surface area (Å²) in [5, 5.41) is 2.83. The molecule has 6 heteroatoms. The van der Waals surface area contributed by atoms with E-state index in [4.69, 9.17) is 15.2 Å². The molecule has 0 aliphatic heterocycles. The van der Waals surface area contributed by atoms with E-state index in [-0.39, 0.29) is 24.3 Å². The Hall–Kier alpha value is -2.24. The van der Waals surface area contributed by atoms with Gasteiger partial charge in [-0.25, -0.2) is 0 Å². The zero-order valence-electron chi connectivity index (χ0n) is 13.3. The van der Waals surface area contributed by atoms with Crippen LogP contribution in [0.3, 0.4) is 0 Å². The van der Waals surface area contributed by atoms with Gasteiger partial charge in [-0.2, -0.15) is 0 Å². The number of primary amides is 1. The van der Waals surface area contributed by atoms with Gasteiger partial charge in [0.15, 0.2) is 11.5 Å². The van der Waals surface area contributed by atoms with Crippen LogP contribution in [0, 0.1) is 0 Å². The van der Waals surface area contributed by atoms with Crippen LogP contribution in [0.25, 0.3) is 0 Å². The first kappa shape index (κ1) is 17.8. The molecule has 0 saturated carbocycles. The van der Waals surface area contributed by atoms with Crippen molar-refractivity contribution in [3.05, 3.63) is 23.8 Å². The molecule has 1 aromatic carbocycles. The minimum absolute atomic E-state index is 0.137. The van der Waals surface area contributed by atoms with Crippen LogP contribution in [-0.2, 0) is 4.79 Å². The number of carbonyl (C=O) groups excluding carboxylic acids is 2. The van der Waals surface area contributed by atoms with Crippen molar-refractivity contribution in [2.75, 3.05) is 13.2 Å². The Labute approximate surface area is 131 Å². The molecule has 122 valence electrons. The molecule has 1 atom stereocenters. The normalized spacial score (nSPS) is 11.6. The first-order valence-electron chi connectivity index (χ1n) is 7.46. The zero-order valence-corrected chi connectivity index (χ0v) is 13.3. The molecule has 0 aliphatic carbocycles. The number of benzene rings is 1. The van der Waals surface area contributed by atoms with E-state index < -0.39 is 0 Å². The van der Waals surface area contributed by atoms with Gasteiger partial charge in [0, 0.05) is 18.0 Å². The summed E-state index contributed by atoms with van der Waals surface area (Å²) in [4.78, 5) is 23.0. The molecule has 0 fully saturated rings. The fraction of sp³-hybridized carbons (Fsp3) is 0.500. The van der Waals surface area contributed by atoms with Crippen LogP contribution in [-0.4, -0.2) is 31.1 Å². The van der Waals surface area contributed by atoms with Crippen molar-refractivity contribution in [3.8, 4) is 11.5 Å². The monoisotopic (exact) mass is 308 g/mol. The average Bonchev–Trinajstić information content (AvgIpc) is 2.47. The van der Waals surface area contributed by atoms with Crippen molar-refractivity contribution in [2.45, 2.75) is 39.7 Å². The lowest BCUT2D eigenvalue weighted by Crippen LogP contribution is -2.33. The number of rotatable bonds is 9. The van der Waals surface area contributed by atoms with Crippen LogP contribution < -0.4 is 20.5 Å². The van der Waals surface area contributed by atoms with Crippen molar-refractivity contribution < 1.29 is 19.1 Å². The summed E-state index contributed by atoms with van der Waals surface area (Å²) in [6.07, 6.45) is 0.755. The molecule has 0 bridgehead atoms. The van der Waals surface area contributed by atoms with Crippen LogP contribution in [0.2, 0.25) is 0 Å². The summed E-state index contributed by atoms with van der Waals surface area (Å²) in [6, 6.07) is 4.92. The highest BCUT2D eigenvalue weighted by Crippen LogP contribution is 2.28. The molecule has 6 nitrogen and oxygen atoms in total. The Balaban J connectivity index is 2.76. The number of nitrogens with one attached hydrogen (secondary N) is 1. The van der Waals surface area contributed by atoms with E-state index in [2.05, 4.69) is 5.32 Å². The zero-order chi connectivity index (χ0) is 16.5. The van der Waals surface area contributed by atoms with E-state index >= 15 is 0 Å². The second-order valence-electron chi connectivity index (χ2n) is 4.91. The van der Waals surface area contributed by atoms with Gasteiger partial charge in [-0.1, -0.05) is 0 Å². The van der Waals surface area contributed by atoms with Crippen molar-refractivity contribution in [1.29, 1.82) is 0 Å². The van der Waals surface area contributed by atoms with Crippen molar-refractivity contribution in [1.82, 2.24) is 5.32 Å².